The quantitative estimate of drug-likeness (QED) is 0.438. The molecule has 0 saturated heterocycles. The Hall–Kier alpha value is -2.77. The number of halogens is 1. The van der Waals surface area contributed by atoms with Gasteiger partial charge in [0, 0.05) is 25.7 Å². The number of carbonyl (C=O) groups excluding carboxylic acids is 1. The van der Waals surface area contributed by atoms with Crippen LogP contribution in [0.1, 0.15) is 56.7 Å². The van der Waals surface area contributed by atoms with E-state index in [1.807, 2.05) is 24.3 Å². The lowest BCUT2D eigenvalue weighted by atomic mass is 10.0. The van der Waals surface area contributed by atoms with E-state index < -0.39 is 0 Å². The molecule has 3 unspecified atom stereocenters. The van der Waals surface area contributed by atoms with E-state index >= 15 is 0 Å². The first kappa shape index (κ1) is 24.4. The van der Waals surface area contributed by atoms with Gasteiger partial charge in [-0.15, -0.1) is 0 Å². The summed E-state index contributed by atoms with van der Waals surface area (Å²) in [4.78, 5) is 19.2. The summed E-state index contributed by atoms with van der Waals surface area (Å²) in [5, 5.41) is 3.14. The molecule has 0 aliphatic heterocycles. The minimum absolute atomic E-state index is 0.0547. The number of aromatic nitrogens is 2. The number of fused-ring (bicyclic) bond motifs is 1. The van der Waals surface area contributed by atoms with E-state index in [2.05, 4.69) is 38.8 Å². The predicted octanol–water partition coefficient (Wildman–Crippen LogP) is 4.88. The summed E-state index contributed by atoms with van der Waals surface area (Å²) < 4.78 is 21.3. The molecular formula is C27H35FN4O2. The second-order valence-electron chi connectivity index (χ2n) is 9.17. The van der Waals surface area contributed by atoms with E-state index in [9.17, 15) is 9.18 Å². The zero-order valence-electron chi connectivity index (χ0n) is 20.1. The summed E-state index contributed by atoms with van der Waals surface area (Å²) in [5.74, 6) is -0.362. The van der Waals surface area contributed by atoms with Gasteiger partial charge in [-0.1, -0.05) is 43.3 Å². The molecule has 1 N–H and O–H groups in total. The normalized spacial score (nSPS) is 19.1. The Labute approximate surface area is 201 Å². The lowest BCUT2D eigenvalue weighted by Gasteiger charge is -2.31. The smallest absolute Gasteiger partial charge is 0.246 e. The summed E-state index contributed by atoms with van der Waals surface area (Å²) >= 11 is 0. The Morgan fingerprint density at radius 3 is 2.79 bits per heavy atom. The van der Waals surface area contributed by atoms with Crippen molar-refractivity contribution in [2.45, 2.75) is 57.2 Å². The van der Waals surface area contributed by atoms with Gasteiger partial charge in [-0.3, -0.25) is 4.79 Å². The third kappa shape index (κ3) is 5.65. The third-order valence-electron chi connectivity index (χ3n) is 6.87. The van der Waals surface area contributed by atoms with Gasteiger partial charge in [0.1, 0.15) is 12.1 Å². The summed E-state index contributed by atoms with van der Waals surface area (Å²) in [7, 11) is 1.54. The fraction of sp³-hybridized carbons (Fsp3) is 0.481. The van der Waals surface area contributed by atoms with Crippen LogP contribution in [0, 0.1) is 5.82 Å². The van der Waals surface area contributed by atoms with Crippen molar-refractivity contribution in [3.8, 4) is 0 Å². The molecule has 34 heavy (non-hydrogen) atoms. The van der Waals surface area contributed by atoms with E-state index in [0.717, 1.165) is 56.3 Å². The fourth-order valence-corrected chi connectivity index (χ4v) is 5.27. The van der Waals surface area contributed by atoms with Gasteiger partial charge in [-0.25, -0.2) is 9.37 Å². The average molecular weight is 467 g/mol. The topological polar surface area (TPSA) is 59.4 Å². The zero-order chi connectivity index (χ0) is 23.9. The van der Waals surface area contributed by atoms with Gasteiger partial charge in [-0.05, 0) is 56.3 Å². The van der Waals surface area contributed by atoms with Gasteiger partial charge in [0.15, 0.2) is 5.82 Å². The number of carbonyl (C=O) groups is 1. The van der Waals surface area contributed by atoms with Crippen LogP contribution in [0.3, 0.4) is 0 Å². The maximum atomic E-state index is 14.1. The number of methoxy groups -OCH3 is 1. The van der Waals surface area contributed by atoms with E-state index in [0.29, 0.717) is 17.6 Å². The molecule has 1 aromatic heterocycles. The fourth-order valence-electron chi connectivity index (χ4n) is 5.27. The molecular weight excluding hydrogens is 431 g/mol. The maximum absolute atomic E-state index is 14.1. The molecule has 2 aromatic carbocycles. The standard InChI is InChI=1S/C27H35FN4O2/c1-3-15-31(16-14-24(30-26(33)18-34-2)20-8-5-4-6-9-20)21-12-13-22(17-21)32-19-29-27-23(28)10-7-11-25(27)32/h4-11,19,21-22,24H,3,12-18H2,1-2H3,(H,30,33). The van der Waals surface area contributed by atoms with Gasteiger partial charge >= 0.3 is 0 Å². The van der Waals surface area contributed by atoms with Crippen LogP contribution in [0.25, 0.3) is 11.0 Å². The Kier molecular flexibility index (Phi) is 8.29. The molecule has 0 bridgehead atoms. The highest BCUT2D eigenvalue weighted by molar-refractivity contribution is 5.77. The highest BCUT2D eigenvalue weighted by Crippen LogP contribution is 2.36. The van der Waals surface area contributed by atoms with Crippen molar-refractivity contribution < 1.29 is 13.9 Å². The summed E-state index contributed by atoms with van der Waals surface area (Å²) in [5.41, 5.74) is 2.44. The van der Waals surface area contributed by atoms with Gasteiger partial charge in [0.2, 0.25) is 5.91 Å². The summed E-state index contributed by atoms with van der Waals surface area (Å²) in [6.45, 7) is 4.19. The Morgan fingerprint density at radius 1 is 1.21 bits per heavy atom. The molecule has 3 aromatic rings. The molecule has 0 spiro atoms. The number of hydrogen-bond donors (Lipinski definition) is 1. The first-order chi connectivity index (χ1) is 16.6. The lowest BCUT2D eigenvalue weighted by Crippen LogP contribution is -2.38. The molecule has 182 valence electrons. The molecule has 6 nitrogen and oxygen atoms in total. The number of nitrogens with zero attached hydrogens (tertiary/aromatic N) is 3. The van der Waals surface area contributed by atoms with Crippen LogP contribution < -0.4 is 5.32 Å². The van der Waals surface area contributed by atoms with Crippen LogP contribution in [-0.2, 0) is 9.53 Å². The highest BCUT2D eigenvalue weighted by atomic mass is 19.1. The molecule has 1 aliphatic carbocycles. The van der Waals surface area contributed by atoms with Crippen molar-refractivity contribution in [3.05, 3.63) is 66.2 Å². The monoisotopic (exact) mass is 466 g/mol. The van der Waals surface area contributed by atoms with Crippen molar-refractivity contribution in [2.24, 2.45) is 0 Å². The van der Waals surface area contributed by atoms with Crippen LogP contribution in [0.5, 0.6) is 0 Å². The molecule has 3 atom stereocenters. The molecule has 1 heterocycles. The summed E-state index contributed by atoms with van der Waals surface area (Å²) in [6, 6.07) is 16.0. The molecule has 4 rings (SSSR count). The number of benzene rings is 2. The largest absolute Gasteiger partial charge is 0.375 e. The number of ether oxygens (including phenoxy) is 1. The van der Waals surface area contributed by atoms with Gasteiger partial charge in [-0.2, -0.15) is 0 Å². The summed E-state index contributed by atoms with van der Waals surface area (Å²) in [6.07, 6.45) is 6.88. The molecule has 1 saturated carbocycles. The number of para-hydroxylation sites is 1. The Balaban J connectivity index is 1.44. The first-order valence-corrected chi connectivity index (χ1v) is 12.3. The zero-order valence-corrected chi connectivity index (χ0v) is 20.1. The molecule has 1 aliphatic rings. The van der Waals surface area contributed by atoms with Crippen LogP contribution in [0.15, 0.2) is 54.9 Å². The van der Waals surface area contributed by atoms with Crippen molar-refractivity contribution in [2.75, 3.05) is 26.8 Å². The van der Waals surface area contributed by atoms with Crippen LogP contribution in [-0.4, -0.2) is 53.2 Å². The number of imidazole rings is 1. The van der Waals surface area contributed by atoms with Crippen molar-refractivity contribution in [1.29, 1.82) is 0 Å². The number of nitrogens with one attached hydrogen (secondary N) is 1. The minimum Gasteiger partial charge on any atom is -0.375 e. The Bertz CT molecular complexity index is 1070. The molecule has 1 fully saturated rings. The SMILES string of the molecule is CCCN(CCC(NC(=O)COC)c1ccccc1)C1CCC(n2cnc3c(F)cccc32)C1. The second-order valence-corrected chi connectivity index (χ2v) is 9.17. The number of rotatable bonds is 11. The van der Waals surface area contributed by atoms with E-state index in [4.69, 9.17) is 4.74 Å². The van der Waals surface area contributed by atoms with Crippen LogP contribution >= 0.6 is 0 Å². The van der Waals surface area contributed by atoms with E-state index in [1.165, 1.54) is 13.2 Å². The minimum atomic E-state index is -0.263. The third-order valence-corrected chi connectivity index (χ3v) is 6.87. The first-order valence-electron chi connectivity index (χ1n) is 12.3. The number of amides is 1. The van der Waals surface area contributed by atoms with E-state index in [1.54, 1.807) is 12.4 Å². The van der Waals surface area contributed by atoms with Gasteiger partial charge in [0.25, 0.3) is 0 Å². The molecule has 1 amide bonds. The van der Waals surface area contributed by atoms with Gasteiger partial charge < -0.3 is 19.5 Å². The maximum Gasteiger partial charge on any atom is 0.246 e. The molecule has 7 heteroatoms. The highest BCUT2D eigenvalue weighted by Gasteiger charge is 2.31. The van der Waals surface area contributed by atoms with Crippen molar-refractivity contribution in [1.82, 2.24) is 19.8 Å². The van der Waals surface area contributed by atoms with E-state index in [-0.39, 0.29) is 24.4 Å². The van der Waals surface area contributed by atoms with Crippen molar-refractivity contribution in [3.63, 3.8) is 0 Å². The van der Waals surface area contributed by atoms with Gasteiger partial charge in [0.05, 0.1) is 17.9 Å². The average Bonchev–Trinajstić information content (AvgIpc) is 3.49. The second kappa shape index (κ2) is 11.6. The lowest BCUT2D eigenvalue weighted by molar-refractivity contribution is -0.125. The van der Waals surface area contributed by atoms with Crippen molar-refractivity contribution >= 4 is 16.9 Å². The predicted molar refractivity (Wildman–Crippen MR) is 132 cm³/mol. The molecule has 0 radical (unpaired) electrons. The van der Waals surface area contributed by atoms with Crippen LogP contribution in [0.4, 0.5) is 4.39 Å². The Morgan fingerprint density at radius 2 is 2.03 bits per heavy atom. The number of hydrogen-bond acceptors (Lipinski definition) is 4. The van der Waals surface area contributed by atoms with Crippen LogP contribution in [0.2, 0.25) is 0 Å².